The van der Waals surface area contributed by atoms with Crippen LogP contribution in [0.4, 0.5) is 11.4 Å². The van der Waals surface area contributed by atoms with Crippen LogP contribution in [-0.4, -0.2) is 11.8 Å². The highest BCUT2D eigenvalue weighted by atomic mass is 16.3. The van der Waals surface area contributed by atoms with Gasteiger partial charge in [0, 0.05) is 49.9 Å². The van der Waals surface area contributed by atoms with Gasteiger partial charge < -0.3 is 19.5 Å². The fraction of sp³-hybridized carbons (Fsp3) is 0.333. The van der Waals surface area contributed by atoms with Crippen LogP contribution < -0.4 is 10.6 Å². The first-order valence-electron chi connectivity index (χ1n) is 10.4. The van der Waals surface area contributed by atoms with Crippen molar-refractivity contribution in [3.05, 3.63) is 71.6 Å². The molecular weight excluding hydrogens is 380 g/mol. The quantitative estimate of drug-likeness (QED) is 0.486. The maximum absolute atomic E-state index is 12.2. The van der Waals surface area contributed by atoms with E-state index in [1.807, 2.05) is 38.1 Å². The number of nitrogens with one attached hydrogen (secondary N) is 2. The van der Waals surface area contributed by atoms with Crippen molar-refractivity contribution >= 4 is 23.2 Å². The second kappa shape index (κ2) is 10.5. The van der Waals surface area contributed by atoms with Crippen molar-refractivity contribution in [3.63, 3.8) is 0 Å². The molecule has 0 aliphatic rings. The molecule has 0 aliphatic heterocycles. The Morgan fingerprint density at radius 1 is 0.700 bits per heavy atom. The molecule has 6 heteroatoms. The third-order valence-corrected chi connectivity index (χ3v) is 4.76. The van der Waals surface area contributed by atoms with Crippen LogP contribution in [0.1, 0.15) is 49.7 Å². The van der Waals surface area contributed by atoms with Crippen molar-refractivity contribution in [2.45, 2.75) is 52.4 Å². The van der Waals surface area contributed by atoms with Crippen molar-refractivity contribution in [1.29, 1.82) is 0 Å². The molecule has 158 valence electrons. The Kier molecular flexibility index (Phi) is 7.49. The van der Waals surface area contributed by atoms with E-state index in [0.29, 0.717) is 37.1 Å². The first kappa shape index (κ1) is 21.4. The largest absolute Gasteiger partial charge is 0.466 e. The first-order valence-corrected chi connectivity index (χ1v) is 10.4. The summed E-state index contributed by atoms with van der Waals surface area (Å²) in [4.78, 5) is 24.5. The van der Waals surface area contributed by atoms with E-state index in [1.54, 1.807) is 24.3 Å². The molecular formula is C24H28N2O4. The summed E-state index contributed by atoms with van der Waals surface area (Å²) in [6.45, 7) is 4.06. The minimum absolute atomic E-state index is 0.0996. The molecule has 0 aliphatic carbocycles. The Morgan fingerprint density at radius 3 is 1.53 bits per heavy atom. The van der Waals surface area contributed by atoms with E-state index in [-0.39, 0.29) is 11.8 Å². The fourth-order valence-electron chi connectivity index (χ4n) is 3.09. The van der Waals surface area contributed by atoms with Crippen LogP contribution >= 0.6 is 0 Å². The molecule has 2 N–H and O–H groups in total. The number of anilines is 2. The standard InChI is InChI=1S/C24H28N2O4/c1-3-19-8-10-21(29-19)12-14-23(27)25-17-6-5-7-18(16-17)26-24(28)15-13-22-11-9-20(4-2)30-22/h5-11,16H,3-4,12-15H2,1-2H3,(H,25,27)(H,26,28). The van der Waals surface area contributed by atoms with E-state index in [9.17, 15) is 9.59 Å². The van der Waals surface area contributed by atoms with Crippen molar-refractivity contribution < 1.29 is 18.4 Å². The summed E-state index contributed by atoms with van der Waals surface area (Å²) < 4.78 is 11.2. The van der Waals surface area contributed by atoms with E-state index >= 15 is 0 Å². The van der Waals surface area contributed by atoms with Gasteiger partial charge >= 0.3 is 0 Å². The van der Waals surface area contributed by atoms with E-state index in [4.69, 9.17) is 8.83 Å². The number of hydrogen-bond acceptors (Lipinski definition) is 4. The molecule has 2 amide bonds. The Morgan fingerprint density at radius 2 is 1.13 bits per heavy atom. The minimum atomic E-state index is -0.0996. The van der Waals surface area contributed by atoms with Gasteiger partial charge in [-0.05, 0) is 42.5 Å². The molecule has 0 bridgehead atoms. The molecule has 0 atom stereocenters. The molecule has 0 radical (unpaired) electrons. The summed E-state index contributed by atoms with van der Waals surface area (Å²) in [6, 6.07) is 14.8. The highest BCUT2D eigenvalue weighted by Crippen LogP contribution is 2.17. The van der Waals surface area contributed by atoms with Gasteiger partial charge in [-0.3, -0.25) is 9.59 Å². The van der Waals surface area contributed by atoms with Gasteiger partial charge in [-0.1, -0.05) is 19.9 Å². The van der Waals surface area contributed by atoms with Crippen LogP contribution in [-0.2, 0) is 35.3 Å². The van der Waals surface area contributed by atoms with Gasteiger partial charge in [0.1, 0.15) is 23.0 Å². The molecule has 0 saturated carbocycles. The lowest BCUT2D eigenvalue weighted by Gasteiger charge is -2.08. The predicted molar refractivity (Wildman–Crippen MR) is 117 cm³/mol. The number of carbonyl (C=O) groups is 2. The smallest absolute Gasteiger partial charge is 0.224 e. The van der Waals surface area contributed by atoms with Crippen LogP contribution in [0.5, 0.6) is 0 Å². The zero-order chi connectivity index (χ0) is 21.3. The van der Waals surface area contributed by atoms with Crippen molar-refractivity contribution in [2.24, 2.45) is 0 Å². The zero-order valence-corrected chi connectivity index (χ0v) is 17.5. The molecule has 30 heavy (non-hydrogen) atoms. The van der Waals surface area contributed by atoms with Gasteiger partial charge in [0.25, 0.3) is 0 Å². The second-order valence-electron chi connectivity index (χ2n) is 7.12. The van der Waals surface area contributed by atoms with Crippen molar-refractivity contribution in [3.8, 4) is 0 Å². The maximum Gasteiger partial charge on any atom is 0.224 e. The molecule has 6 nitrogen and oxygen atoms in total. The second-order valence-corrected chi connectivity index (χ2v) is 7.12. The monoisotopic (exact) mass is 408 g/mol. The minimum Gasteiger partial charge on any atom is -0.466 e. The van der Waals surface area contributed by atoms with Crippen molar-refractivity contribution in [1.82, 2.24) is 0 Å². The van der Waals surface area contributed by atoms with E-state index in [2.05, 4.69) is 10.6 Å². The van der Waals surface area contributed by atoms with E-state index < -0.39 is 0 Å². The lowest BCUT2D eigenvalue weighted by Crippen LogP contribution is -2.14. The number of amides is 2. The average molecular weight is 408 g/mol. The lowest BCUT2D eigenvalue weighted by molar-refractivity contribution is -0.117. The highest BCUT2D eigenvalue weighted by Gasteiger charge is 2.09. The molecule has 0 spiro atoms. The van der Waals surface area contributed by atoms with Crippen molar-refractivity contribution in [2.75, 3.05) is 10.6 Å². The fourth-order valence-corrected chi connectivity index (χ4v) is 3.09. The zero-order valence-electron chi connectivity index (χ0n) is 17.5. The van der Waals surface area contributed by atoms with Gasteiger partial charge in [0.05, 0.1) is 0 Å². The number of furan rings is 2. The van der Waals surface area contributed by atoms with E-state index in [1.165, 1.54) is 0 Å². The maximum atomic E-state index is 12.2. The van der Waals surface area contributed by atoms with Gasteiger partial charge in [0.2, 0.25) is 11.8 Å². The summed E-state index contributed by atoms with van der Waals surface area (Å²) in [5.74, 6) is 3.27. The van der Waals surface area contributed by atoms with Gasteiger partial charge in [-0.2, -0.15) is 0 Å². The molecule has 1 aromatic carbocycles. The number of carbonyl (C=O) groups excluding carboxylic acids is 2. The third kappa shape index (κ3) is 6.37. The van der Waals surface area contributed by atoms with Crippen LogP contribution in [0, 0.1) is 0 Å². The number of hydrogen-bond donors (Lipinski definition) is 2. The molecule has 2 aromatic heterocycles. The van der Waals surface area contributed by atoms with Gasteiger partial charge in [-0.15, -0.1) is 0 Å². The summed E-state index contributed by atoms with van der Waals surface area (Å²) in [5.41, 5.74) is 1.29. The Bertz CT molecular complexity index is 911. The third-order valence-electron chi connectivity index (χ3n) is 4.76. The molecule has 3 rings (SSSR count). The average Bonchev–Trinajstić information content (AvgIpc) is 3.40. The normalized spacial score (nSPS) is 10.7. The number of rotatable bonds is 10. The topological polar surface area (TPSA) is 84.5 Å². The SMILES string of the molecule is CCc1ccc(CCC(=O)Nc2cccc(NC(=O)CCc3ccc(CC)o3)c2)o1. The van der Waals surface area contributed by atoms with E-state index in [0.717, 1.165) is 35.9 Å². The predicted octanol–water partition coefficient (Wildman–Crippen LogP) is 5.14. The molecule has 0 saturated heterocycles. The molecule has 3 aromatic rings. The summed E-state index contributed by atoms with van der Waals surface area (Å²) in [6.07, 6.45) is 3.44. The van der Waals surface area contributed by atoms with Crippen LogP contribution in [0.25, 0.3) is 0 Å². The van der Waals surface area contributed by atoms with Gasteiger partial charge in [0.15, 0.2) is 0 Å². The van der Waals surface area contributed by atoms with Crippen LogP contribution in [0.15, 0.2) is 57.4 Å². The molecule has 0 unspecified atom stereocenters. The highest BCUT2D eigenvalue weighted by molar-refractivity contribution is 5.94. The summed E-state index contributed by atoms with van der Waals surface area (Å²) in [5, 5.41) is 5.73. The summed E-state index contributed by atoms with van der Waals surface area (Å²) in [7, 11) is 0. The first-order chi connectivity index (χ1) is 14.6. The Hall–Kier alpha value is -3.28. The van der Waals surface area contributed by atoms with Gasteiger partial charge in [-0.25, -0.2) is 0 Å². The Labute approximate surface area is 176 Å². The van der Waals surface area contributed by atoms with Crippen LogP contribution in [0.3, 0.4) is 0 Å². The summed E-state index contributed by atoms with van der Waals surface area (Å²) >= 11 is 0. The molecule has 0 fully saturated rings. The number of aryl methyl sites for hydroxylation is 4. The van der Waals surface area contributed by atoms with Crippen LogP contribution in [0.2, 0.25) is 0 Å². The molecule has 2 heterocycles. The Balaban J connectivity index is 1.46. The lowest BCUT2D eigenvalue weighted by atomic mass is 10.2. The number of benzene rings is 1.